The van der Waals surface area contributed by atoms with Crippen LogP contribution in [-0.4, -0.2) is 18.1 Å². The Bertz CT molecular complexity index is 369. The van der Waals surface area contributed by atoms with E-state index in [4.69, 9.17) is 5.84 Å². The van der Waals surface area contributed by atoms with E-state index in [0.29, 0.717) is 5.41 Å². The maximum absolute atomic E-state index is 5.38. The van der Waals surface area contributed by atoms with E-state index in [-0.39, 0.29) is 0 Å². The maximum atomic E-state index is 5.38. The number of rotatable bonds is 3. The molecule has 3 N–H and O–H groups in total. The highest BCUT2D eigenvalue weighted by atomic mass is 15.3. The van der Waals surface area contributed by atoms with Crippen molar-refractivity contribution in [1.82, 2.24) is 4.98 Å². The fourth-order valence-electron chi connectivity index (χ4n) is 2.35. The topological polar surface area (TPSA) is 54.2 Å². The van der Waals surface area contributed by atoms with E-state index in [1.54, 1.807) is 6.20 Å². The maximum Gasteiger partial charge on any atom is 0.141 e. The number of aromatic nitrogens is 1. The van der Waals surface area contributed by atoms with E-state index in [9.17, 15) is 0 Å². The van der Waals surface area contributed by atoms with Gasteiger partial charge in [-0.3, -0.25) is 0 Å². The lowest BCUT2D eigenvalue weighted by atomic mass is 9.78. The smallest absolute Gasteiger partial charge is 0.141 e. The van der Waals surface area contributed by atoms with Crippen LogP contribution in [-0.2, 0) is 0 Å². The molecule has 0 saturated carbocycles. The van der Waals surface area contributed by atoms with Crippen LogP contribution >= 0.6 is 0 Å². The molecule has 1 aromatic heterocycles. The van der Waals surface area contributed by atoms with Gasteiger partial charge in [0.15, 0.2) is 0 Å². The fraction of sp³-hybridized carbons (Fsp3) is 0.615. The second kappa shape index (κ2) is 4.92. The highest BCUT2D eigenvalue weighted by molar-refractivity contribution is 5.53. The Hall–Kier alpha value is -1.29. The summed E-state index contributed by atoms with van der Waals surface area (Å²) in [6.07, 6.45) is 5.60. The van der Waals surface area contributed by atoms with Crippen molar-refractivity contribution in [2.75, 3.05) is 23.4 Å². The Morgan fingerprint density at radius 3 is 2.76 bits per heavy atom. The van der Waals surface area contributed by atoms with Crippen LogP contribution in [0.4, 0.5) is 11.5 Å². The minimum atomic E-state index is 0.526. The average Bonchev–Trinajstić information content (AvgIpc) is 2.40. The van der Waals surface area contributed by atoms with Crippen LogP contribution in [0.3, 0.4) is 0 Å². The third-order valence-corrected chi connectivity index (χ3v) is 4.08. The number of hydrogen-bond donors (Lipinski definition) is 2. The Labute approximate surface area is 103 Å². The van der Waals surface area contributed by atoms with Crippen molar-refractivity contribution in [3.05, 3.63) is 18.3 Å². The lowest BCUT2D eigenvalue weighted by Gasteiger charge is -2.40. The molecule has 17 heavy (non-hydrogen) atoms. The van der Waals surface area contributed by atoms with E-state index >= 15 is 0 Å². The zero-order chi connectivity index (χ0) is 12.3. The van der Waals surface area contributed by atoms with Gasteiger partial charge in [0.1, 0.15) is 5.82 Å². The van der Waals surface area contributed by atoms with Crippen molar-refractivity contribution < 1.29 is 0 Å². The molecule has 1 saturated heterocycles. The standard InChI is InChI=1S/C13H22N4/c1-3-13(2)5-8-17(9-6-13)11-4-7-15-12(10-11)16-14/h4,7,10H,3,5-6,8-9,14H2,1-2H3,(H,15,16). The second-order valence-corrected chi connectivity index (χ2v) is 5.19. The number of piperidine rings is 1. The highest BCUT2D eigenvalue weighted by Crippen LogP contribution is 2.35. The molecular weight excluding hydrogens is 212 g/mol. The van der Waals surface area contributed by atoms with Crippen LogP contribution in [0.5, 0.6) is 0 Å². The van der Waals surface area contributed by atoms with Gasteiger partial charge < -0.3 is 10.3 Å². The Morgan fingerprint density at radius 2 is 2.18 bits per heavy atom. The summed E-state index contributed by atoms with van der Waals surface area (Å²) in [5.41, 5.74) is 4.34. The lowest BCUT2D eigenvalue weighted by molar-refractivity contribution is 0.238. The largest absolute Gasteiger partial charge is 0.371 e. The molecule has 0 amide bonds. The molecule has 0 unspecified atom stereocenters. The molecule has 2 rings (SSSR count). The predicted molar refractivity (Wildman–Crippen MR) is 71.9 cm³/mol. The van der Waals surface area contributed by atoms with E-state index in [1.165, 1.54) is 24.9 Å². The molecule has 4 heteroatoms. The van der Waals surface area contributed by atoms with Crippen molar-refractivity contribution in [3.8, 4) is 0 Å². The normalized spacial score (nSPS) is 19.1. The molecule has 1 aromatic rings. The zero-order valence-corrected chi connectivity index (χ0v) is 10.7. The van der Waals surface area contributed by atoms with Gasteiger partial charge >= 0.3 is 0 Å². The summed E-state index contributed by atoms with van der Waals surface area (Å²) in [6, 6.07) is 4.06. The summed E-state index contributed by atoms with van der Waals surface area (Å²) in [5, 5.41) is 0. The molecule has 2 heterocycles. The van der Waals surface area contributed by atoms with E-state index in [2.05, 4.69) is 35.2 Å². The number of hydrogen-bond acceptors (Lipinski definition) is 4. The van der Waals surface area contributed by atoms with E-state index < -0.39 is 0 Å². The van der Waals surface area contributed by atoms with Gasteiger partial charge in [-0.05, 0) is 24.3 Å². The first-order valence-corrected chi connectivity index (χ1v) is 6.34. The molecule has 0 bridgehead atoms. The Balaban J connectivity index is 2.05. The number of nitrogen functional groups attached to an aromatic ring is 1. The molecule has 1 aliphatic heterocycles. The molecule has 1 fully saturated rings. The minimum Gasteiger partial charge on any atom is -0.371 e. The molecule has 94 valence electrons. The number of anilines is 2. The van der Waals surface area contributed by atoms with Crippen LogP contribution in [0.25, 0.3) is 0 Å². The molecule has 0 aromatic carbocycles. The van der Waals surface area contributed by atoms with Gasteiger partial charge in [0.25, 0.3) is 0 Å². The van der Waals surface area contributed by atoms with E-state index in [1.807, 2.05) is 6.07 Å². The van der Waals surface area contributed by atoms with Gasteiger partial charge in [-0.1, -0.05) is 20.3 Å². The van der Waals surface area contributed by atoms with Crippen LogP contribution in [0.2, 0.25) is 0 Å². The van der Waals surface area contributed by atoms with Crippen LogP contribution in [0.15, 0.2) is 18.3 Å². The van der Waals surface area contributed by atoms with E-state index in [0.717, 1.165) is 18.9 Å². The van der Waals surface area contributed by atoms with Gasteiger partial charge in [-0.15, -0.1) is 0 Å². The first kappa shape index (κ1) is 12.2. The van der Waals surface area contributed by atoms with Crippen LogP contribution in [0.1, 0.15) is 33.1 Å². The minimum absolute atomic E-state index is 0.526. The summed E-state index contributed by atoms with van der Waals surface area (Å²) in [4.78, 5) is 6.55. The zero-order valence-electron chi connectivity index (χ0n) is 10.7. The number of pyridine rings is 1. The second-order valence-electron chi connectivity index (χ2n) is 5.19. The quantitative estimate of drug-likeness (QED) is 0.623. The van der Waals surface area contributed by atoms with Gasteiger partial charge in [0, 0.05) is 31.0 Å². The first-order valence-electron chi connectivity index (χ1n) is 6.34. The summed E-state index contributed by atoms with van der Waals surface area (Å²) in [7, 11) is 0. The number of nitrogens with zero attached hydrogens (tertiary/aromatic N) is 2. The molecule has 0 radical (unpaired) electrons. The third-order valence-electron chi connectivity index (χ3n) is 4.08. The number of nitrogens with two attached hydrogens (primary N) is 1. The van der Waals surface area contributed by atoms with Crippen LogP contribution in [0, 0.1) is 5.41 Å². The summed E-state index contributed by atoms with van der Waals surface area (Å²) < 4.78 is 0. The number of hydrazine groups is 1. The van der Waals surface area contributed by atoms with Gasteiger partial charge in [0.2, 0.25) is 0 Å². The Kier molecular flexibility index (Phi) is 3.52. The molecule has 0 aliphatic carbocycles. The summed E-state index contributed by atoms with van der Waals surface area (Å²) in [5.74, 6) is 6.11. The molecular formula is C13H22N4. The molecule has 0 spiro atoms. The summed E-state index contributed by atoms with van der Waals surface area (Å²) in [6.45, 7) is 6.93. The van der Waals surface area contributed by atoms with Gasteiger partial charge in [0.05, 0.1) is 0 Å². The van der Waals surface area contributed by atoms with Crippen molar-refractivity contribution in [3.63, 3.8) is 0 Å². The Morgan fingerprint density at radius 1 is 1.47 bits per heavy atom. The average molecular weight is 234 g/mol. The molecule has 0 atom stereocenters. The number of nitrogens with one attached hydrogen (secondary N) is 1. The first-order chi connectivity index (χ1) is 8.17. The monoisotopic (exact) mass is 234 g/mol. The van der Waals surface area contributed by atoms with Crippen LogP contribution < -0.4 is 16.2 Å². The van der Waals surface area contributed by atoms with Crippen molar-refractivity contribution >= 4 is 11.5 Å². The fourth-order valence-corrected chi connectivity index (χ4v) is 2.35. The third kappa shape index (κ3) is 2.69. The molecule has 1 aliphatic rings. The van der Waals surface area contributed by atoms with Crippen molar-refractivity contribution in [1.29, 1.82) is 0 Å². The highest BCUT2D eigenvalue weighted by Gasteiger charge is 2.28. The van der Waals surface area contributed by atoms with Gasteiger partial charge in [-0.2, -0.15) is 0 Å². The predicted octanol–water partition coefficient (Wildman–Crippen LogP) is 2.38. The summed E-state index contributed by atoms with van der Waals surface area (Å²) >= 11 is 0. The van der Waals surface area contributed by atoms with Gasteiger partial charge in [-0.25, -0.2) is 10.8 Å². The van der Waals surface area contributed by atoms with Crippen molar-refractivity contribution in [2.24, 2.45) is 11.3 Å². The van der Waals surface area contributed by atoms with Crippen molar-refractivity contribution in [2.45, 2.75) is 33.1 Å². The SMILES string of the molecule is CCC1(C)CCN(c2ccnc(NN)c2)CC1. The molecule has 4 nitrogen and oxygen atoms in total. The lowest BCUT2D eigenvalue weighted by Crippen LogP contribution is -2.38.